The van der Waals surface area contributed by atoms with Crippen LogP contribution in [-0.2, 0) is 0 Å². The smallest absolute Gasteiger partial charge is 0.0569 e. The minimum atomic E-state index is 0.851. The van der Waals surface area contributed by atoms with Gasteiger partial charge in [0.2, 0.25) is 0 Å². The quantitative estimate of drug-likeness (QED) is 0.439. The molecule has 0 spiro atoms. The lowest BCUT2D eigenvalue weighted by Crippen LogP contribution is -1.98. The fourth-order valence-corrected chi connectivity index (χ4v) is 0.867. The van der Waals surface area contributed by atoms with Crippen LogP contribution in [0.15, 0.2) is 35.4 Å². The summed E-state index contributed by atoms with van der Waals surface area (Å²) in [5.74, 6) is 0. The van der Waals surface area contributed by atoms with Crippen LogP contribution in [0.1, 0.15) is 6.92 Å². The molecule has 0 aromatic carbocycles. The van der Waals surface area contributed by atoms with Crippen molar-refractivity contribution in [1.29, 1.82) is 0 Å². The van der Waals surface area contributed by atoms with Crippen molar-refractivity contribution < 1.29 is 0 Å². The van der Waals surface area contributed by atoms with Crippen LogP contribution in [0.2, 0.25) is 0 Å². The van der Waals surface area contributed by atoms with E-state index in [0.717, 1.165) is 10.6 Å². The van der Waals surface area contributed by atoms with Crippen LogP contribution in [0.3, 0.4) is 0 Å². The summed E-state index contributed by atoms with van der Waals surface area (Å²) in [6, 6.07) is 0. The van der Waals surface area contributed by atoms with Crippen molar-refractivity contribution in [2.75, 3.05) is 0 Å². The van der Waals surface area contributed by atoms with Crippen molar-refractivity contribution in [2.24, 2.45) is 0 Å². The van der Waals surface area contributed by atoms with E-state index in [0.29, 0.717) is 0 Å². The van der Waals surface area contributed by atoms with E-state index in [9.17, 15) is 0 Å². The number of thiol groups is 2. The number of hydrogen-bond donors (Lipinski definition) is 3. The topological polar surface area (TPSA) is 12.0 Å². The van der Waals surface area contributed by atoms with Gasteiger partial charge in [-0.25, -0.2) is 0 Å². The highest BCUT2D eigenvalue weighted by atomic mass is 32.1. The molecule has 0 heterocycles. The molecule has 0 aliphatic heterocycles. The molecule has 0 aliphatic carbocycles. The van der Waals surface area contributed by atoms with Crippen LogP contribution in [0.25, 0.3) is 0 Å². The average Bonchev–Trinajstić information content (AvgIpc) is 1.99. The van der Waals surface area contributed by atoms with E-state index in [1.54, 1.807) is 12.2 Å². The Balaban J connectivity index is 4.35. The second-order valence-corrected chi connectivity index (χ2v) is 2.31. The third kappa shape index (κ3) is 3.03. The molecule has 1 nitrogen and oxygen atoms in total. The van der Waals surface area contributed by atoms with E-state index < -0.39 is 0 Å². The molecule has 0 aliphatic rings. The molecule has 0 radical (unpaired) electrons. The van der Waals surface area contributed by atoms with Gasteiger partial charge in [0.1, 0.15) is 0 Å². The number of hydrogen-bond acceptors (Lipinski definition) is 3. The van der Waals surface area contributed by atoms with Gasteiger partial charge >= 0.3 is 0 Å². The lowest BCUT2D eigenvalue weighted by atomic mass is 10.3. The van der Waals surface area contributed by atoms with Gasteiger partial charge < -0.3 is 4.72 Å². The van der Waals surface area contributed by atoms with Gasteiger partial charge in [0, 0.05) is 4.91 Å². The minimum Gasteiger partial charge on any atom is -0.331 e. The highest BCUT2D eigenvalue weighted by molar-refractivity contribution is 7.85. The Morgan fingerprint density at radius 3 is 2.50 bits per heavy atom. The van der Waals surface area contributed by atoms with E-state index in [1.165, 1.54) is 0 Å². The van der Waals surface area contributed by atoms with Crippen molar-refractivity contribution in [2.45, 2.75) is 6.92 Å². The molecule has 0 amide bonds. The molecule has 0 atom stereocenters. The van der Waals surface area contributed by atoms with E-state index in [2.05, 4.69) is 36.7 Å². The lowest BCUT2D eigenvalue weighted by Gasteiger charge is -2.02. The van der Waals surface area contributed by atoms with Gasteiger partial charge in [-0.15, -0.1) is 12.6 Å². The Bertz CT molecular complexity index is 170. The second kappa shape index (κ2) is 5.50. The molecule has 0 aromatic rings. The van der Waals surface area contributed by atoms with Crippen LogP contribution in [0.5, 0.6) is 0 Å². The van der Waals surface area contributed by atoms with Crippen LogP contribution < -0.4 is 4.72 Å². The normalized spacial score (nSPS) is 13.1. The van der Waals surface area contributed by atoms with Gasteiger partial charge in [0.15, 0.2) is 0 Å². The summed E-state index contributed by atoms with van der Waals surface area (Å²) in [4.78, 5) is 0.856. The summed E-state index contributed by atoms with van der Waals surface area (Å²) in [7, 11) is 0. The molecular weight excluding hydrogens is 162 g/mol. The van der Waals surface area contributed by atoms with Gasteiger partial charge in [0.05, 0.1) is 5.70 Å². The molecule has 0 saturated carbocycles. The minimum absolute atomic E-state index is 0.851. The van der Waals surface area contributed by atoms with Crippen LogP contribution in [0, 0.1) is 0 Å². The molecule has 0 rings (SSSR count). The van der Waals surface area contributed by atoms with Gasteiger partial charge in [-0.05, 0) is 13.0 Å². The molecule has 0 fully saturated rings. The van der Waals surface area contributed by atoms with Gasteiger partial charge in [0.25, 0.3) is 0 Å². The van der Waals surface area contributed by atoms with Crippen molar-refractivity contribution in [3.05, 3.63) is 35.4 Å². The third-order valence-corrected chi connectivity index (χ3v) is 1.69. The first-order valence-corrected chi connectivity index (χ1v) is 3.74. The molecule has 3 heteroatoms. The van der Waals surface area contributed by atoms with Crippen LogP contribution >= 0.6 is 25.4 Å². The molecule has 10 heavy (non-hydrogen) atoms. The fourth-order valence-electron chi connectivity index (χ4n) is 0.453. The van der Waals surface area contributed by atoms with E-state index in [4.69, 9.17) is 0 Å². The SMILES string of the molecule is C=C/C=C(NS)\C(S)=C/C. The van der Waals surface area contributed by atoms with Gasteiger partial charge in [-0.2, -0.15) is 0 Å². The Hall–Kier alpha value is -0.280. The largest absolute Gasteiger partial charge is 0.331 e. The lowest BCUT2D eigenvalue weighted by molar-refractivity contribution is 1.28. The molecular formula is C7H11NS2. The zero-order valence-corrected chi connectivity index (χ0v) is 7.62. The van der Waals surface area contributed by atoms with E-state index in [-0.39, 0.29) is 0 Å². The molecule has 56 valence electrons. The highest BCUT2D eigenvalue weighted by Gasteiger charge is 1.92. The van der Waals surface area contributed by atoms with Gasteiger partial charge in [-0.1, -0.05) is 31.5 Å². The molecule has 0 saturated heterocycles. The summed E-state index contributed by atoms with van der Waals surface area (Å²) < 4.78 is 2.69. The molecule has 0 bridgehead atoms. The fraction of sp³-hybridized carbons (Fsp3) is 0.143. The van der Waals surface area contributed by atoms with Crippen molar-refractivity contribution >= 4 is 25.4 Å². The van der Waals surface area contributed by atoms with Crippen molar-refractivity contribution in [3.8, 4) is 0 Å². The van der Waals surface area contributed by atoms with Crippen LogP contribution in [0.4, 0.5) is 0 Å². The predicted molar refractivity (Wildman–Crippen MR) is 53.1 cm³/mol. The van der Waals surface area contributed by atoms with Gasteiger partial charge in [-0.3, -0.25) is 0 Å². The average molecular weight is 173 g/mol. The summed E-state index contributed by atoms with van der Waals surface area (Å²) in [5.41, 5.74) is 0.851. The highest BCUT2D eigenvalue weighted by Crippen LogP contribution is 2.10. The predicted octanol–water partition coefficient (Wildman–Crippen LogP) is 2.32. The van der Waals surface area contributed by atoms with Crippen molar-refractivity contribution in [1.82, 2.24) is 4.72 Å². The molecule has 0 aromatic heterocycles. The Morgan fingerprint density at radius 1 is 1.60 bits per heavy atom. The molecule has 1 N–H and O–H groups in total. The maximum atomic E-state index is 4.17. The van der Waals surface area contributed by atoms with Crippen molar-refractivity contribution in [3.63, 3.8) is 0 Å². The number of rotatable bonds is 3. The maximum Gasteiger partial charge on any atom is 0.0569 e. The first kappa shape index (κ1) is 9.72. The monoisotopic (exact) mass is 173 g/mol. The number of allylic oxidation sites excluding steroid dienone is 3. The first-order chi connectivity index (χ1) is 4.76. The summed E-state index contributed by atoms with van der Waals surface area (Å²) in [6.07, 6.45) is 5.36. The zero-order chi connectivity index (χ0) is 7.98. The maximum absolute atomic E-state index is 4.17. The molecule has 0 unspecified atom stereocenters. The summed E-state index contributed by atoms with van der Waals surface area (Å²) in [5, 5.41) is 0. The zero-order valence-electron chi connectivity index (χ0n) is 5.83. The summed E-state index contributed by atoms with van der Waals surface area (Å²) in [6.45, 7) is 5.46. The number of nitrogens with one attached hydrogen (secondary N) is 1. The first-order valence-electron chi connectivity index (χ1n) is 2.84. The van der Waals surface area contributed by atoms with E-state index in [1.807, 2.05) is 13.0 Å². The summed E-state index contributed by atoms with van der Waals surface area (Å²) >= 11 is 8.06. The second-order valence-electron chi connectivity index (χ2n) is 1.60. The standard InChI is InChI=1S/C7H11NS2/c1-3-5-6(8-10)7(9)4-2/h3-5,8-10H,1H2,2H3/b6-5+,7-4+. The van der Waals surface area contributed by atoms with Crippen LogP contribution in [-0.4, -0.2) is 0 Å². The Morgan fingerprint density at radius 2 is 2.20 bits per heavy atom. The third-order valence-electron chi connectivity index (χ3n) is 0.954. The van der Waals surface area contributed by atoms with E-state index >= 15 is 0 Å². The Labute approximate surface area is 72.9 Å². The Kier molecular flexibility index (Phi) is 5.35.